The Hall–Kier alpha value is -2.86. The lowest BCUT2D eigenvalue weighted by Crippen LogP contribution is -2.38. The summed E-state index contributed by atoms with van der Waals surface area (Å²) in [4.78, 5) is 9.23. The summed E-state index contributed by atoms with van der Waals surface area (Å²) in [6.07, 6.45) is 2.15. The predicted molar refractivity (Wildman–Crippen MR) is 109 cm³/mol. The van der Waals surface area contributed by atoms with E-state index in [1.165, 1.54) is 0 Å². The van der Waals surface area contributed by atoms with Gasteiger partial charge in [0.05, 0.1) is 18.3 Å². The van der Waals surface area contributed by atoms with Crippen LogP contribution < -0.4 is 10.6 Å². The lowest BCUT2D eigenvalue weighted by molar-refractivity contribution is 0.168. The van der Waals surface area contributed by atoms with E-state index in [2.05, 4.69) is 38.0 Å². The Morgan fingerprint density at radius 1 is 1.15 bits per heavy atom. The smallest absolute Gasteiger partial charge is 0.191 e. The number of fused-ring (bicyclic) bond motifs is 1. The van der Waals surface area contributed by atoms with Crippen LogP contribution in [0.15, 0.2) is 59.7 Å². The van der Waals surface area contributed by atoms with Crippen molar-refractivity contribution in [2.75, 3.05) is 13.1 Å². The minimum absolute atomic E-state index is 0.483. The van der Waals surface area contributed by atoms with Gasteiger partial charge in [-0.05, 0) is 38.0 Å². The van der Waals surface area contributed by atoms with Crippen molar-refractivity contribution in [1.29, 1.82) is 0 Å². The maximum absolute atomic E-state index is 10.3. The van der Waals surface area contributed by atoms with E-state index in [1.54, 1.807) is 0 Å². The third kappa shape index (κ3) is 5.08. The number of guanidine groups is 1. The molecule has 142 valence electrons. The number of aromatic nitrogens is 2. The topological polar surface area (TPSA) is 74.0 Å². The van der Waals surface area contributed by atoms with Crippen LogP contribution in [0.5, 0.6) is 0 Å². The molecule has 27 heavy (non-hydrogen) atoms. The van der Waals surface area contributed by atoms with Gasteiger partial charge in [0.25, 0.3) is 0 Å². The predicted octanol–water partition coefficient (Wildman–Crippen LogP) is 2.82. The number of hydrogen-bond donors (Lipinski definition) is 3. The highest BCUT2D eigenvalue weighted by molar-refractivity contribution is 5.79. The molecule has 1 unspecified atom stereocenters. The van der Waals surface area contributed by atoms with E-state index in [4.69, 9.17) is 0 Å². The molecule has 6 nitrogen and oxygen atoms in total. The molecule has 3 N–H and O–H groups in total. The van der Waals surface area contributed by atoms with Crippen LogP contribution in [-0.2, 0) is 6.54 Å². The van der Waals surface area contributed by atoms with Crippen molar-refractivity contribution in [3.05, 3.63) is 71.7 Å². The normalized spacial score (nSPS) is 12.9. The number of nitrogens with zero attached hydrogens (tertiary/aromatic N) is 3. The number of aliphatic hydroxyl groups is 1. The second-order valence-corrected chi connectivity index (χ2v) is 6.46. The van der Waals surface area contributed by atoms with Crippen molar-refractivity contribution in [3.63, 3.8) is 0 Å². The van der Waals surface area contributed by atoms with Crippen LogP contribution in [0.4, 0.5) is 0 Å². The van der Waals surface area contributed by atoms with Crippen molar-refractivity contribution in [2.45, 2.75) is 32.9 Å². The third-order valence-corrected chi connectivity index (χ3v) is 4.38. The highest BCUT2D eigenvalue weighted by atomic mass is 16.3. The zero-order chi connectivity index (χ0) is 19.1. The molecule has 0 spiro atoms. The Kier molecular flexibility index (Phi) is 6.44. The van der Waals surface area contributed by atoms with Crippen LogP contribution in [0.3, 0.4) is 0 Å². The van der Waals surface area contributed by atoms with E-state index >= 15 is 0 Å². The molecular formula is C21H27N5O. The van der Waals surface area contributed by atoms with Crippen molar-refractivity contribution in [2.24, 2.45) is 4.99 Å². The molecule has 0 fully saturated rings. The standard InChI is InChI=1S/C21H27N5O/c1-3-22-21(23-13-12-19(27)17-9-5-4-6-10-17)24-14-18-15-26-16(2)8-7-11-20(26)25-18/h4-11,15,19,27H,3,12-14H2,1-2H3,(H2,22,23,24). The molecule has 0 bridgehead atoms. The Balaban J connectivity index is 1.58. The summed E-state index contributed by atoms with van der Waals surface area (Å²) >= 11 is 0. The summed E-state index contributed by atoms with van der Waals surface area (Å²) in [7, 11) is 0. The van der Waals surface area contributed by atoms with E-state index in [0.29, 0.717) is 19.5 Å². The molecular weight excluding hydrogens is 338 g/mol. The van der Waals surface area contributed by atoms with Gasteiger partial charge in [-0.3, -0.25) is 0 Å². The monoisotopic (exact) mass is 365 g/mol. The molecule has 1 atom stereocenters. The van der Waals surface area contributed by atoms with Crippen LogP contribution >= 0.6 is 0 Å². The summed E-state index contributed by atoms with van der Waals surface area (Å²) < 4.78 is 2.07. The summed E-state index contributed by atoms with van der Waals surface area (Å²) in [5.41, 5.74) is 3.94. The summed E-state index contributed by atoms with van der Waals surface area (Å²) in [6, 6.07) is 15.8. The number of pyridine rings is 1. The van der Waals surface area contributed by atoms with Gasteiger partial charge in [0, 0.05) is 25.0 Å². The molecule has 0 aliphatic heterocycles. The molecule has 2 aromatic heterocycles. The zero-order valence-corrected chi connectivity index (χ0v) is 15.9. The number of rotatable bonds is 7. The number of aryl methyl sites for hydroxylation is 1. The molecule has 1 aromatic carbocycles. The van der Waals surface area contributed by atoms with Crippen LogP contribution in [0, 0.1) is 6.92 Å². The molecule has 0 amide bonds. The Bertz CT molecular complexity index is 888. The summed E-state index contributed by atoms with van der Waals surface area (Å²) in [5.74, 6) is 0.728. The lowest BCUT2D eigenvalue weighted by Gasteiger charge is -2.14. The van der Waals surface area contributed by atoms with E-state index in [1.807, 2.05) is 55.6 Å². The summed E-state index contributed by atoms with van der Waals surface area (Å²) in [6.45, 7) is 6.00. The second-order valence-electron chi connectivity index (χ2n) is 6.46. The van der Waals surface area contributed by atoms with E-state index in [-0.39, 0.29) is 0 Å². The molecule has 6 heteroatoms. The average Bonchev–Trinajstić information content (AvgIpc) is 3.11. The maximum Gasteiger partial charge on any atom is 0.191 e. The first kappa shape index (κ1) is 18.9. The number of hydrogen-bond acceptors (Lipinski definition) is 3. The largest absolute Gasteiger partial charge is 0.388 e. The van der Waals surface area contributed by atoms with Gasteiger partial charge in [-0.2, -0.15) is 0 Å². The third-order valence-electron chi connectivity index (χ3n) is 4.38. The quantitative estimate of drug-likeness (QED) is 0.445. The SMILES string of the molecule is CCNC(=NCc1cn2c(C)cccc2n1)NCCC(O)c1ccccc1. The zero-order valence-electron chi connectivity index (χ0n) is 15.9. The van der Waals surface area contributed by atoms with Gasteiger partial charge in [-0.25, -0.2) is 9.98 Å². The molecule has 0 aliphatic rings. The van der Waals surface area contributed by atoms with Gasteiger partial charge >= 0.3 is 0 Å². The molecule has 0 radical (unpaired) electrons. The summed E-state index contributed by atoms with van der Waals surface area (Å²) in [5, 5.41) is 16.8. The highest BCUT2D eigenvalue weighted by Crippen LogP contribution is 2.14. The Morgan fingerprint density at radius 2 is 1.96 bits per heavy atom. The molecule has 3 aromatic rings. The number of benzene rings is 1. The first-order valence-electron chi connectivity index (χ1n) is 9.36. The van der Waals surface area contributed by atoms with Crippen LogP contribution in [0.25, 0.3) is 5.65 Å². The fourth-order valence-corrected chi connectivity index (χ4v) is 2.95. The van der Waals surface area contributed by atoms with E-state index in [0.717, 1.165) is 35.1 Å². The number of imidazole rings is 1. The van der Waals surface area contributed by atoms with Crippen LogP contribution in [0.1, 0.15) is 36.4 Å². The van der Waals surface area contributed by atoms with Crippen LogP contribution in [-0.4, -0.2) is 33.5 Å². The first-order chi connectivity index (χ1) is 13.2. The van der Waals surface area contributed by atoms with E-state index in [9.17, 15) is 5.11 Å². The minimum Gasteiger partial charge on any atom is -0.388 e. The van der Waals surface area contributed by atoms with Gasteiger partial charge in [0.15, 0.2) is 5.96 Å². The van der Waals surface area contributed by atoms with Crippen molar-refractivity contribution >= 4 is 11.6 Å². The molecule has 0 saturated carbocycles. The Labute approximate surface area is 160 Å². The highest BCUT2D eigenvalue weighted by Gasteiger charge is 2.07. The maximum atomic E-state index is 10.3. The number of aliphatic hydroxyl groups excluding tert-OH is 1. The van der Waals surface area contributed by atoms with Gasteiger partial charge in [-0.1, -0.05) is 36.4 Å². The van der Waals surface area contributed by atoms with Crippen molar-refractivity contribution < 1.29 is 5.11 Å². The van der Waals surface area contributed by atoms with Gasteiger partial charge in [0.1, 0.15) is 5.65 Å². The van der Waals surface area contributed by atoms with Crippen LogP contribution in [0.2, 0.25) is 0 Å². The molecule has 0 saturated heterocycles. The first-order valence-corrected chi connectivity index (χ1v) is 9.36. The fraction of sp³-hybridized carbons (Fsp3) is 0.333. The lowest BCUT2D eigenvalue weighted by atomic mass is 10.1. The molecule has 3 rings (SSSR count). The Morgan fingerprint density at radius 3 is 2.70 bits per heavy atom. The van der Waals surface area contributed by atoms with Crippen molar-refractivity contribution in [1.82, 2.24) is 20.0 Å². The second kappa shape index (κ2) is 9.19. The minimum atomic E-state index is -0.483. The average molecular weight is 365 g/mol. The van der Waals surface area contributed by atoms with Gasteiger partial charge < -0.3 is 20.1 Å². The van der Waals surface area contributed by atoms with Gasteiger partial charge in [-0.15, -0.1) is 0 Å². The van der Waals surface area contributed by atoms with Gasteiger partial charge in [0.2, 0.25) is 0 Å². The molecule has 2 heterocycles. The number of aliphatic imine (C=N–C) groups is 1. The van der Waals surface area contributed by atoms with E-state index < -0.39 is 6.10 Å². The fourth-order valence-electron chi connectivity index (χ4n) is 2.95. The van der Waals surface area contributed by atoms with Crippen molar-refractivity contribution in [3.8, 4) is 0 Å². The molecule has 0 aliphatic carbocycles. The number of nitrogens with one attached hydrogen (secondary N) is 2.